The second-order valence-electron chi connectivity index (χ2n) is 21.2. The topological polar surface area (TPSA) is 40.6 Å². The van der Waals surface area contributed by atoms with E-state index in [1.807, 2.05) is 17.4 Å². The van der Waals surface area contributed by atoms with Gasteiger partial charge in [0.25, 0.3) is 0 Å². The first kappa shape index (κ1) is 46.3. The molecule has 5 aromatic heterocycles. The second kappa shape index (κ2) is 18.5. The van der Waals surface area contributed by atoms with E-state index in [1.165, 1.54) is 74.6 Å². The minimum atomic E-state index is 0.671. The smallest absolute Gasteiger partial charge is 0.160 e. The highest BCUT2D eigenvalue weighted by atomic mass is 32.1. The van der Waals surface area contributed by atoms with Crippen molar-refractivity contribution in [3.8, 4) is 73.2 Å². The zero-order chi connectivity index (χ0) is 53.8. The predicted molar refractivity (Wildman–Crippen MR) is 345 cm³/mol. The maximum absolute atomic E-state index is 5.50. The number of benzene rings is 12. The first-order valence-corrected chi connectivity index (χ1v) is 28.7. The molecule has 0 aliphatic rings. The maximum Gasteiger partial charge on any atom is 0.160 e. The molecule has 0 radical (unpaired) electrons. The molecule has 17 aromatic rings. The van der Waals surface area contributed by atoms with Crippen LogP contribution in [-0.2, 0) is 0 Å². The van der Waals surface area contributed by atoms with Gasteiger partial charge in [-0.3, -0.25) is 0 Å². The van der Waals surface area contributed by atoms with Crippen LogP contribution in [0.2, 0.25) is 0 Å². The molecule has 5 heterocycles. The van der Waals surface area contributed by atoms with Gasteiger partial charge in [0.05, 0.1) is 50.2 Å². The van der Waals surface area contributed by atoms with Gasteiger partial charge in [0, 0.05) is 91.7 Å². The van der Waals surface area contributed by atoms with Gasteiger partial charge in [-0.2, -0.15) is 0 Å². The maximum atomic E-state index is 5.50. The highest BCUT2D eigenvalue weighted by molar-refractivity contribution is 7.26. The molecule has 82 heavy (non-hydrogen) atoms. The van der Waals surface area contributed by atoms with Crippen LogP contribution >= 0.6 is 11.3 Å². The SMILES string of the molecule is c1ccc(-c2cc(-c3cc(-c4ccc(-n5c6ccccc6c6ccccc65)cc4)c(-n4c5ccccc5c5c6sc7ccccc7c6ccc54)c(-c4ccc(-n5c6ccccc6c6ccccc65)cc4)c3)nc(-c3ccccc3)n2)cc1. The standard InChI is InChI=1S/C76H47N5S/c1-3-19-50(20-4-1)64-47-65(78-76(77-64)51-21-5-2-6-22-51)52-45-62(48-35-39-53(40-36-48)79-66-29-13-7-23-55(66)56-24-8-14-30-67(56)79)74(81-70-33-17-11-28-61(70)73-71(81)44-43-60-59-27-12-18-34-72(59)82-75(60)73)63(46-52)49-37-41-54(42-38-49)80-68-31-15-9-25-57(68)58-26-10-16-32-69(58)80/h1-47H. The Labute approximate surface area is 476 Å². The lowest BCUT2D eigenvalue weighted by Crippen LogP contribution is -2.03. The van der Waals surface area contributed by atoms with Crippen LogP contribution in [0.3, 0.4) is 0 Å². The Morgan fingerprint density at radius 1 is 0.268 bits per heavy atom. The van der Waals surface area contributed by atoms with Crippen molar-refractivity contribution in [2.24, 2.45) is 0 Å². The number of aromatic nitrogens is 5. The van der Waals surface area contributed by atoms with E-state index in [4.69, 9.17) is 9.97 Å². The van der Waals surface area contributed by atoms with E-state index in [-0.39, 0.29) is 0 Å². The normalized spacial score (nSPS) is 11.9. The summed E-state index contributed by atoms with van der Waals surface area (Å²) in [5.74, 6) is 0.671. The monoisotopic (exact) mass is 1060 g/mol. The number of hydrogen-bond acceptors (Lipinski definition) is 3. The van der Waals surface area contributed by atoms with E-state index in [0.29, 0.717) is 5.82 Å². The molecule has 0 saturated carbocycles. The van der Waals surface area contributed by atoms with Crippen molar-refractivity contribution in [3.05, 3.63) is 285 Å². The lowest BCUT2D eigenvalue weighted by molar-refractivity contribution is 1.16. The summed E-state index contributed by atoms with van der Waals surface area (Å²) >= 11 is 1.89. The molecule has 0 bridgehead atoms. The molecule has 0 spiro atoms. The number of fused-ring (bicyclic) bond motifs is 13. The summed E-state index contributed by atoms with van der Waals surface area (Å²) < 4.78 is 9.93. The van der Waals surface area contributed by atoms with E-state index in [2.05, 4.69) is 293 Å². The van der Waals surface area contributed by atoms with Gasteiger partial charge in [-0.1, -0.05) is 200 Å². The molecule has 382 valence electrons. The summed E-state index contributed by atoms with van der Waals surface area (Å²) in [6, 6.07) is 104. The Morgan fingerprint density at radius 2 is 0.683 bits per heavy atom. The van der Waals surface area contributed by atoms with Crippen LogP contribution in [0, 0.1) is 0 Å². The van der Waals surface area contributed by atoms with Gasteiger partial charge in [0.15, 0.2) is 5.82 Å². The van der Waals surface area contributed by atoms with Crippen molar-refractivity contribution in [2.45, 2.75) is 0 Å². The Balaban J connectivity index is 0.976. The number of hydrogen-bond donors (Lipinski definition) is 0. The Bertz CT molecular complexity index is 5030. The largest absolute Gasteiger partial charge is 0.309 e. The molecule has 0 amide bonds. The fraction of sp³-hybridized carbons (Fsp3) is 0. The fourth-order valence-corrected chi connectivity index (χ4v) is 14.2. The van der Waals surface area contributed by atoms with Crippen molar-refractivity contribution in [2.75, 3.05) is 0 Å². The summed E-state index contributed by atoms with van der Waals surface area (Å²) in [5, 5.41) is 9.98. The molecule has 12 aromatic carbocycles. The number of para-hydroxylation sites is 5. The molecule has 0 atom stereocenters. The van der Waals surface area contributed by atoms with Crippen molar-refractivity contribution >= 4 is 96.9 Å². The molecule has 0 saturated heterocycles. The third kappa shape index (κ3) is 7.18. The van der Waals surface area contributed by atoms with Gasteiger partial charge >= 0.3 is 0 Å². The molecule has 0 unspecified atom stereocenters. The van der Waals surface area contributed by atoms with Crippen LogP contribution in [0.25, 0.3) is 159 Å². The fourth-order valence-electron chi connectivity index (χ4n) is 13.0. The summed E-state index contributed by atoms with van der Waals surface area (Å²) in [4.78, 5) is 10.8. The summed E-state index contributed by atoms with van der Waals surface area (Å²) in [6.07, 6.45) is 0. The van der Waals surface area contributed by atoms with E-state index in [0.717, 1.165) is 78.4 Å². The molecule has 6 heteroatoms. The van der Waals surface area contributed by atoms with Gasteiger partial charge in [0.1, 0.15) is 0 Å². The Hall–Kier alpha value is -10.7. The first-order chi connectivity index (χ1) is 40.7. The average molecular weight is 1060 g/mol. The van der Waals surface area contributed by atoms with Crippen molar-refractivity contribution in [3.63, 3.8) is 0 Å². The quantitative estimate of drug-likeness (QED) is 0.152. The predicted octanol–water partition coefficient (Wildman–Crippen LogP) is 20.5. The lowest BCUT2D eigenvalue weighted by Gasteiger charge is -2.22. The van der Waals surface area contributed by atoms with Crippen LogP contribution in [0.5, 0.6) is 0 Å². The summed E-state index contributed by atoms with van der Waals surface area (Å²) in [5.41, 5.74) is 19.3. The van der Waals surface area contributed by atoms with E-state index < -0.39 is 0 Å². The van der Waals surface area contributed by atoms with Gasteiger partial charge in [-0.15, -0.1) is 11.3 Å². The van der Waals surface area contributed by atoms with Crippen molar-refractivity contribution in [1.29, 1.82) is 0 Å². The molecular weight excluding hydrogens is 1010 g/mol. The van der Waals surface area contributed by atoms with E-state index in [9.17, 15) is 0 Å². The zero-order valence-electron chi connectivity index (χ0n) is 44.3. The van der Waals surface area contributed by atoms with Crippen LogP contribution in [-0.4, -0.2) is 23.7 Å². The van der Waals surface area contributed by atoms with Crippen molar-refractivity contribution < 1.29 is 0 Å². The number of nitrogens with zero attached hydrogens (tertiary/aromatic N) is 5. The number of rotatable bonds is 8. The third-order valence-corrected chi connectivity index (χ3v) is 17.9. The first-order valence-electron chi connectivity index (χ1n) is 27.9. The average Bonchev–Trinajstić information content (AvgIpc) is 3.61. The van der Waals surface area contributed by atoms with Gasteiger partial charge in [-0.25, -0.2) is 9.97 Å². The van der Waals surface area contributed by atoms with E-state index in [1.54, 1.807) is 0 Å². The zero-order valence-corrected chi connectivity index (χ0v) is 45.1. The lowest BCUT2D eigenvalue weighted by atomic mass is 9.91. The van der Waals surface area contributed by atoms with Gasteiger partial charge in [0.2, 0.25) is 0 Å². The summed E-state index contributed by atoms with van der Waals surface area (Å²) in [6.45, 7) is 0. The van der Waals surface area contributed by atoms with Crippen LogP contribution < -0.4 is 0 Å². The van der Waals surface area contributed by atoms with Gasteiger partial charge < -0.3 is 13.7 Å². The number of thiophene rings is 1. The van der Waals surface area contributed by atoms with E-state index >= 15 is 0 Å². The molecule has 0 aliphatic carbocycles. The van der Waals surface area contributed by atoms with Crippen LogP contribution in [0.1, 0.15) is 0 Å². The molecule has 0 N–H and O–H groups in total. The Kier molecular flexibility index (Phi) is 10.4. The highest BCUT2D eigenvalue weighted by Gasteiger charge is 2.25. The van der Waals surface area contributed by atoms with Crippen LogP contribution in [0.15, 0.2) is 285 Å². The molecule has 17 rings (SSSR count). The molecular formula is C76H47N5S. The third-order valence-electron chi connectivity index (χ3n) is 16.7. The van der Waals surface area contributed by atoms with Gasteiger partial charge in [-0.05, 0) is 96.1 Å². The minimum Gasteiger partial charge on any atom is -0.309 e. The molecule has 0 fully saturated rings. The molecule has 5 nitrogen and oxygen atoms in total. The minimum absolute atomic E-state index is 0.671. The molecule has 0 aliphatic heterocycles. The Morgan fingerprint density at radius 3 is 1.20 bits per heavy atom. The van der Waals surface area contributed by atoms with Crippen LogP contribution in [0.4, 0.5) is 0 Å². The van der Waals surface area contributed by atoms with Crippen molar-refractivity contribution in [1.82, 2.24) is 23.7 Å². The summed E-state index contributed by atoms with van der Waals surface area (Å²) in [7, 11) is 0. The highest BCUT2D eigenvalue weighted by Crippen LogP contribution is 2.48. The second-order valence-corrected chi connectivity index (χ2v) is 22.3.